The van der Waals surface area contributed by atoms with Crippen LogP contribution in [0, 0.1) is 17.8 Å². The molecule has 1 saturated carbocycles. The van der Waals surface area contributed by atoms with Gasteiger partial charge in [0, 0.05) is 0 Å². The van der Waals surface area contributed by atoms with Crippen LogP contribution in [0.4, 0.5) is 0 Å². The number of carbonyl (C=O) groups excluding carboxylic acids is 1. The molecule has 1 fully saturated rings. The summed E-state index contributed by atoms with van der Waals surface area (Å²) in [6.45, 7) is 2.35. The fourth-order valence-corrected chi connectivity index (χ4v) is 1.25. The molecule has 0 spiro atoms. The van der Waals surface area contributed by atoms with Crippen molar-refractivity contribution in [3.63, 3.8) is 0 Å². The minimum absolute atomic E-state index is 0.147. The van der Waals surface area contributed by atoms with Crippen molar-refractivity contribution in [3.05, 3.63) is 0 Å². The molecule has 13 heavy (non-hydrogen) atoms. The molecule has 1 aliphatic rings. The molecule has 0 aromatic rings. The van der Waals surface area contributed by atoms with E-state index < -0.39 is 0 Å². The Morgan fingerprint density at radius 2 is 2.38 bits per heavy atom. The van der Waals surface area contributed by atoms with Gasteiger partial charge in [-0.1, -0.05) is 5.92 Å². The average Bonchev–Trinajstić information content (AvgIpc) is 2.95. The number of nitrogens with one attached hydrogen (secondary N) is 1. The van der Waals surface area contributed by atoms with E-state index in [1.165, 1.54) is 7.11 Å². The Labute approximate surface area is 78.8 Å². The molecule has 1 aliphatic carbocycles. The lowest BCUT2D eigenvalue weighted by atomic mass is 10.2. The van der Waals surface area contributed by atoms with Crippen LogP contribution in [0.15, 0.2) is 0 Å². The predicted molar refractivity (Wildman–Crippen MR) is 50.0 cm³/mol. The van der Waals surface area contributed by atoms with Crippen LogP contribution in [0.25, 0.3) is 0 Å². The van der Waals surface area contributed by atoms with Crippen molar-refractivity contribution in [1.82, 2.24) is 5.32 Å². The lowest BCUT2D eigenvalue weighted by Crippen LogP contribution is -2.39. The van der Waals surface area contributed by atoms with Crippen molar-refractivity contribution in [2.24, 2.45) is 5.92 Å². The minimum atomic E-state index is -0.166. The maximum atomic E-state index is 11.3. The summed E-state index contributed by atoms with van der Waals surface area (Å²) in [7, 11) is 1.42. The van der Waals surface area contributed by atoms with E-state index in [1.807, 2.05) is 0 Å². The van der Waals surface area contributed by atoms with Crippen LogP contribution in [0.3, 0.4) is 0 Å². The number of rotatable bonds is 4. The van der Waals surface area contributed by atoms with Crippen LogP contribution >= 0.6 is 0 Å². The van der Waals surface area contributed by atoms with Crippen molar-refractivity contribution in [2.75, 3.05) is 13.7 Å². The highest BCUT2D eigenvalue weighted by atomic mass is 16.5. The second kappa shape index (κ2) is 4.88. The Balaban J connectivity index is 2.36. The molecule has 3 nitrogen and oxygen atoms in total. The number of hydrogen-bond acceptors (Lipinski definition) is 3. The number of esters is 1. The second-order valence-corrected chi connectivity index (χ2v) is 3.15. The van der Waals surface area contributed by atoms with Gasteiger partial charge in [-0.05, 0) is 25.7 Å². The smallest absolute Gasteiger partial charge is 0.323 e. The van der Waals surface area contributed by atoms with Crippen LogP contribution in [0.2, 0.25) is 0 Å². The highest BCUT2D eigenvalue weighted by Gasteiger charge is 2.36. The molecule has 1 atom stereocenters. The molecule has 0 heterocycles. The summed E-state index contributed by atoms with van der Waals surface area (Å²) in [5, 5.41) is 3.09. The molecule has 1 rings (SSSR count). The Bertz CT molecular complexity index is 235. The van der Waals surface area contributed by atoms with Crippen molar-refractivity contribution < 1.29 is 9.53 Å². The van der Waals surface area contributed by atoms with Crippen LogP contribution in [0.1, 0.15) is 19.8 Å². The van der Waals surface area contributed by atoms with Gasteiger partial charge in [0.1, 0.15) is 6.04 Å². The summed E-state index contributed by atoms with van der Waals surface area (Å²) in [5.74, 6) is 5.94. The van der Waals surface area contributed by atoms with Crippen molar-refractivity contribution in [3.8, 4) is 11.8 Å². The second-order valence-electron chi connectivity index (χ2n) is 3.15. The van der Waals surface area contributed by atoms with Crippen LogP contribution in [-0.4, -0.2) is 25.7 Å². The average molecular weight is 181 g/mol. The van der Waals surface area contributed by atoms with Gasteiger partial charge in [0.05, 0.1) is 13.7 Å². The van der Waals surface area contributed by atoms with E-state index >= 15 is 0 Å². The molecule has 0 aromatic carbocycles. The quantitative estimate of drug-likeness (QED) is 0.508. The zero-order chi connectivity index (χ0) is 9.68. The van der Waals surface area contributed by atoms with Gasteiger partial charge < -0.3 is 4.74 Å². The largest absolute Gasteiger partial charge is 0.468 e. The summed E-state index contributed by atoms with van der Waals surface area (Å²) in [6.07, 6.45) is 2.23. The van der Waals surface area contributed by atoms with Gasteiger partial charge in [-0.25, -0.2) is 0 Å². The fourth-order valence-electron chi connectivity index (χ4n) is 1.25. The highest BCUT2D eigenvalue weighted by molar-refractivity contribution is 5.76. The van der Waals surface area contributed by atoms with E-state index in [2.05, 4.69) is 17.2 Å². The maximum Gasteiger partial charge on any atom is 0.323 e. The molecule has 0 amide bonds. The molecule has 0 aromatic heterocycles. The highest BCUT2D eigenvalue weighted by Crippen LogP contribution is 2.32. The summed E-state index contributed by atoms with van der Waals surface area (Å²) in [6, 6.07) is -0.147. The van der Waals surface area contributed by atoms with Crippen LogP contribution in [0.5, 0.6) is 0 Å². The molecular formula is C10H15NO2. The molecule has 3 heteroatoms. The molecule has 1 unspecified atom stereocenters. The lowest BCUT2D eigenvalue weighted by molar-refractivity contribution is -0.143. The number of carbonyl (C=O) groups is 1. The van der Waals surface area contributed by atoms with E-state index in [0.717, 1.165) is 12.8 Å². The summed E-state index contributed by atoms with van der Waals surface area (Å²) in [5.41, 5.74) is 0. The Morgan fingerprint density at radius 3 is 2.85 bits per heavy atom. The van der Waals surface area contributed by atoms with E-state index in [9.17, 15) is 4.79 Å². The number of ether oxygens (including phenoxy) is 1. The Kier molecular flexibility index (Phi) is 3.78. The Morgan fingerprint density at radius 1 is 1.69 bits per heavy atom. The van der Waals surface area contributed by atoms with Crippen molar-refractivity contribution in [1.29, 1.82) is 0 Å². The molecule has 0 saturated heterocycles. The standard InChI is InChI=1S/C10H15NO2/c1-3-4-7-11-9(8-5-6-8)10(12)13-2/h8-9,11H,5-7H2,1-2H3. The SMILES string of the molecule is CC#CCNC(C(=O)OC)C1CC1. The van der Waals surface area contributed by atoms with Gasteiger partial charge in [0.25, 0.3) is 0 Å². The topological polar surface area (TPSA) is 38.3 Å². The van der Waals surface area contributed by atoms with Gasteiger partial charge >= 0.3 is 5.97 Å². The van der Waals surface area contributed by atoms with E-state index in [0.29, 0.717) is 12.5 Å². The van der Waals surface area contributed by atoms with E-state index in [1.54, 1.807) is 6.92 Å². The van der Waals surface area contributed by atoms with Gasteiger partial charge in [-0.2, -0.15) is 0 Å². The first-order valence-corrected chi connectivity index (χ1v) is 4.50. The predicted octanol–water partition coefficient (Wildman–Crippen LogP) is 0.551. The summed E-state index contributed by atoms with van der Waals surface area (Å²) in [4.78, 5) is 11.3. The third-order valence-electron chi connectivity index (χ3n) is 2.14. The van der Waals surface area contributed by atoms with Crippen LogP contribution in [-0.2, 0) is 9.53 Å². The third-order valence-corrected chi connectivity index (χ3v) is 2.14. The summed E-state index contributed by atoms with van der Waals surface area (Å²) < 4.78 is 4.69. The Hall–Kier alpha value is -1.01. The minimum Gasteiger partial charge on any atom is -0.468 e. The molecular weight excluding hydrogens is 166 g/mol. The monoisotopic (exact) mass is 181 g/mol. The molecule has 0 bridgehead atoms. The summed E-state index contributed by atoms with van der Waals surface area (Å²) >= 11 is 0. The first-order chi connectivity index (χ1) is 6.29. The zero-order valence-corrected chi connectivity index (χ0v) is 8.09. The normalized spacial score (nSPS) is 17.1. The van der Waals surface area contributed by atoms with Crippen molar-refractivity contribution in [2.45, 2.75) is 25.8 Å². The maximum absolute atomic E-state index is 11.3. The number of methoxy groups -OCH3 is 1. The molecule has 0 aliphatic heterocycles. The molecule has 0 radical (unpaired) electrons. The van der Waals surface area contributed by atoms with Crippen molar-refractivity contribution >= 4 is 5.97 Å². The molecule has 72 valence electrons. The van der Waals surface area contributed by atoms with Gasteiger partial charge in [0.2, 0.25) is 0 Å². The van der Waals surface area contributed by atoms with E-state index in [-0.39, 0.29) is 12.0 Å². The zero-order valence-electron chi connectivity index (χ0n) is 8.09. The number of hydrogen-bond donors (Lipinski definition) is 1. The van der Waals surface area contributed by atoms with Gasteiger partial charge in [-0.3, -0.25) is 10.1 Å². The first-order valence-electron chi connectivity index (χ1n) is 4.50. The lowest BCUT2D eigenvalue weighted by Gasteiger charge is -2.13. The van der Waals surface area contributed by atoms with E-state index in [4.69, 9.17) is 4.74 Å². The molecule has 1 N–H and O–H groups in total. The van der Waals surface area contributed by atoms with Gasteiger partial charge in [-0.15, -0.1) is 5.92 Å². The van der Waals surface area contributed by atoms with Gasteiger partial charge in [0.15, 0.2) is 0 Å². The van der Waals surface area contributed by atoms with Crippen LogP contribution < -0.4 is 5.32 Å². The fraction of sp³-hybridized carbons (Fsp3) is 0.700. The first kappa shape index (κ1) is 10.1. The third kappa shape index (κ3) is 3.08.